The van der Waals surface area contributed by atoms with E-state index in [0.717, 1.165) is 19.6 Å². The predicted octanol–water partition coefficient (Wildman–Crippen LogP) is 3.33. The zero-order chi connectivity index (χ0) is 14.5. The Labute approximate surface area is 128 Å². The van der Waals surface area contributed by atoms with Gasteiger partial charge in [-0.15, -0.1) is 6.58 Å². The number of benzene rings is 1. The van der Waals surface area contributed by atoms with Crippen LogP contribution in [0.1, 0.15) is 0 Å². The number of urea groups is 1. The van der Waals surface area contributed by atoms with E-state index in [0.29, 0.717) is 28.8 Å². The summed E-state index contributed by atoms with van der Waals surface area (Å²) in [5.41, 5.74) is 0.540. The normalized spacial score (nSPS) is 16.0. The second-order valence-electron chi connectivity index (χ2n) is 4.61. The number of carbonyl (C=O) groups is 1. The van der Waals surface area contributed by atoms with Crippen molar-refractivity contribution in [3.8, 4) is 0 Å². The van der Waals surface area contributed by atoms with Crippen molar-refractivity contribution in [2.24, 2.45) is 0 Å². The quantitative estimate of drug-likeness (QED) is 0.869. The van der Waals surface area contributed by atoms with E-state index in [4.69, 9.17) is 23.2 Å². The SMILES string of the molecule is C=CCN1CCN(C(=O)Nc2cccc(Cl)c2Cl)CC1. The van der Waals surface area contributed by atoms with Crippen LogP contribution in [0.2, 0.25) is 10.0 Å². The second-order valence-corrected chi connectivity index (χ2v) is 5.39. The fraction of sp³-hybridized carbons (Fsp3) is 0.357. The lowest BCUT2D eigenvalue weighted by Gasteiger charge is -2.34. The number of halogens is 2. The van der Waals surface area contributed by atoms with Crippen LogP contribution in [0.25, 0.3) is 0 Å². The predicted molar refractivity (Wildman–Crippen MR) is 83.7 cm³/mol. The second kappa shape index (κ2) is 6.97. The highest BCUT2D eigenvalue weighted by Crippen LogP contribution is 2.29. The van der Waals surface area contributed by atoms with E-state index in [1.165, 1.54) is 0 Å². The molecule has 1 fully saturated rings. The van der Waals surface area contributed by atoms with Crippen molar-refractivity contribution in [3.05, 3.63) is 40.9 Å². The van der Waals surface area contributed by atoms with Crippen LogP contribution in [0, 0.1) is 0 Å². The Bertz CT molecular complexity index is 499. The fourth-order valence-corrected chi connectivity index (χ4v) is 2.46. The van der Waals surface area contributed by atoms with Crippen LogP contribution < -0.4 is 5.32 Å². The minimum absolute atomic E-state index is 0.146. The Balaban J connectivity index is 1.93. The summed E-state index contributed by atoms with van der Waals surface area (Å²) in [7, 11) is 0. The lowest BCUT2D eigenvalue weighted by atomic mass is 10.3. The minimum atomic E-state index is -0.146. The summed E-state index contributed by atoms with van der Waals surface area (Å²) in [5, 5.41) is 3.60. The van der Waals surface area contributed by atoms with E-state index in [1.54, 1.807) is 23.1 Å². The molecule has 0 saturated carbocycles. The van der Waals surface area contributed by atoms with Gasteiger partial charge in [-0.2, -0.15) is 0 Å². The molecular formula is C14H17Cl2N3O. The largest absolute Gasteiger partial charge is 0.322 e. The Morgan fingerprint density at radius 3 is 2.65 bits per heavy atom. The van der Waals surface area contributed by atoms with Gasteiger partial charge in [-0.25, -0.2) is 4.79 Å². The number of rotatable bonds is 3. The molecule has 20 heavy (non-hydrogen) atoms. The Morgan fingerprint density at radius 1 is 1.30 bits per heavy atom. The molecule has 0 atom stereocenters. The molecule has 0 unspecified atom stereocenters. The summed E-state index contributed by atoms with van der Waals surface area (Å²) in [6.07, 6.45) is 1.88. The highest BCUT2D eigenvalue weighted by atomic mass is 35.5. The number of hydrogen-bond acceptors (Lipinski definition) is 2. The van der Waals surface area contributed by atoms with Crippen LogP contribution in [0.3, 0.4) is 0 Å². The Hall–Kier alpha value is -1.23. The molecule has 2 rings (SSSR count). The highest BCUT2D eigenvalue weighted by molar-refractivity contribution is 6.43. The van der Waals surface area contributed by atoms with Crippen LogP contribution in [0.15, 0.2) is 30.9 Å². The van der Waals surface area contributed by atoms with Gasteiger partial charge < -0.3 is 10.2 Å². The van der Waals surface area contributed by atoms with Crippen LogP contribution in [-0.2, 0) is 0 Å². The van der Waals surface area contributed by atoms with E-state index in [-0.39, 0.29) is 6.03 Å². The van der Waals surface area contributed by atoms with Crippen molar-refractivity contribution in [2.45, 2.75) is 0 Å². The first kappa shape index (κ1) is 15.2. The third kappa shape index (κ3) is 3.66. The van der Waals surface area contributed by atoms with E-state index in [2.05, 4.69) is 16.8 Å². The first-order valence-electron chi connectivity index (χ1n) is 6.45. The third-order valence-corrected chi connectivity index (χ3v) is 4.06. The van der Waals surface area contributed by atoms with Crippen molar-refractivity contribution in [1.29, 1.82) is 0 Å². The van der Waals surface area contributed by atoms with Crippen molar-refractivity contribution in [3.63, 3.8) is 0 Å². The number of nitrogens with zero attached hydrogens (tertiary/aromatic N) is 2. The number of hydrogen-bond donors (Lipinski definition) is 1. The van der Waals surface area contributed by atoms with Crippen molar-refractivity contribution in [1.82, 2.24) is 9.80 Å². The van der Waals surface area contributed by atoms with Crippen molar-refractivity contribution in [2.75, 3.05) is 38.0 Å². The van der Waals surface area contributed by atoms with Crippen LogP contribution in [-0.4, -0.2) is 48.6 Å². The first-order chi connectivity index (χ1) is 9.61. The molecule has 0 aromatic heterocycles. The maximum Gasteiger partial charge on any atom is 0.321 e. The summed E-state index contributed by atoms with van der Waals surface area (Å²) in [5.74, 6) is 0. The number of carbonyl (C=O) groups excluding carboxylic acids is 1. The smallest absolute Gasteiger partial charge is 0.321 e. The highest BCUT2D eigenvalue weighted by Gasteiger charge is 2.21. The number of anilines is 1. The summed E-state index contributed by atoms with van der Waals surface area (Å²) >= 11 is 12.0. The monoisotopic (exact) mass is 313 g/mol. The lowest BCUT2D eigenvalue weighted by Crippen LogP contribution is -2.49. The molecule has 1 aromatic carbocycles. The molecule has 6 heteroatoms. The fourth-order valence-electron chi connectivity index (χ4n) is 2.11. The summed E-state index contributed by atoms with van der Waals surface area (Å²) in [6, 6.07) is 5.03. The first-order valence-corrected chi connectivity index (χ1v) is 7.20. The van der Waals surface area contributed by atoms with Gasteiger partial charge in [0.2, 0.25) is 0 Å². The molecule has 108 valence electrons. The van der Waals surface area contributed by atoms with Gasteiger partial charge in [-0.3, -0.25) is 4.90 Å². The molecular weight excluding hydrogens is 297 g/mol. The van der Waals surface area contributed by atoms with Gasteiger partial charge in [-0.1, -0.05) is 35.3 Å². The van der Waals surface area contributed by atoms with Gasteiger partial charge in [0.1, 0.15) is 0 Å². The molecule has 1 aliphatic rings. The molecule has 1 heterocycles. The van der Waals surface area contributed by atoms with E-state index >= 15 is 0 Å². The molecule has 0 radical (unpaired) electrons. The van der Waals surface area contributed by atoms with Gasteiger partial charge in [0.05, 0.1) is 15.7 Å². The van der Waals surface area contributed by atoms with Crippen molar-refractivity contribution < 1.29 is 4.79 Å². The molecule has 1 aliphatic heterocycles. The molecule has 1 saturated heterocycles. The zero-order valence-corrected chi connectivity index (χ0v) is 12.6. The average Bonchev–Trinajstić information content (AvgIpc) is 2.45. The number of nitrogens with one attached hydrogen (secondary N) is 1. The van der Waals surface area contributed by atoms with Gasteiger partial charge >= 0.3 is 6.03 Å². The molecule has 0 spiro atoms. The molecule has 1 aromatic rings. The zero-order valence-electron chi connectivity index (χ0n) is 11.1. The van der Waals surface area contributed by atoms with Crippen LogP contribution >= 0.6 is 23.2 Å². The van der Waals surface area contributed by atoms with Crippen molar-refractivity contribution >= 4 is 34.9 Å². The number of piperazine rings is 1. The molecule has 4 nitrogen and oxygen atoms in total. The Morgan fingerprint density at radius 2 is 2.00 bits per heavy atom. The summed E-state index contributed by atoms with van der Waals surface area (Å²) in [6.45, 7) is 7.66. The van der Waals surface area contributed by atoms with E-state index < -0.39 is 0 Å². The summed E-state index contributed by atoms with van der Waals surface area (Å²) in [4.78, 5) is 16.2. The minimum Gasteiger partial charge on any atom is -0.322 e. The average molecular weight is 314 g/mol. The molecule has 2 amide bonds. The number of amides is 2. The van der Waals surface area contributed by atoms with Crippen LogP contribution in [0.5, 0.6) is 0 Å². The third-order valence-electron chi connectivity index (χ3n) is 3.24. The molecule has 0 aliphatic carbocycles. The van der Waals surface area contributed by atoms with E-state index in [9.17, 15) is 4.79 Å². The summed E-state index contributed by atoms with van der Waals surface area (Å²) < 4.78 is 0. The van der Waals surface area contributed by atoms with Gasteiger partial charge in [0.25, 0.3) is 0 Å². The maximum absolute atomic E-state index is 12.2. The maximum atomic E-state index is 12.2. The van der Waals surface area contributed by atoms with Crippen LogP contribution in [0.4, 0.5) is 10.5 Å². The lowest BCUT2D eigenvalue weighted by molar-refractivity contribution is 0.156. The molecule has 0 bridgehead atoms. The van der Waals surface area contributed by atoms with Gasteiger partial charge in [0.15, 0.2) is 0 Å². The van der Waals surface area contributed by atoms with Gasteiger partial charge in [-0.05, 0) is 12.1 Å². The molecule has 1 N–H and O–H groups in total. The topological polar surface area (TPSA) is 35.6 Å². The van der Waals surface area contributed by atoms with Gasteiger partial charge in [0, 0.05) is 32.7 Å². The standard InChI is InChI=1S/C14H17Cl2N3O/c1-2-6-18-7-9-19(10-8-18)14(20)17-12-5-3-4-11(15)13(12)16/h2-5H,1,6-10H2,(H,17,20). The van der Waals surface area contributed by atoms with E-state index in [1.807, 2.05) is 6.08 Å². The Kier molecular flexibility index (Phi) is 5.29.